The molecule has 136 valence electrons. The predicted octanol–water partition coefficient (Wildman–Crippen LogP) is 2.35. The van der Waals surface area contributed by atoms with Gasteiger partial charge in [0.25, 0.3) is 0 Å². The van der Waals surface area contributed by atoms with Crippen LogP contribution in [-0.4, -0.2) is 31.2 Å². The molecule has 9 heteroatoms. The number of hydrogen-bond donors (Lipinski definition) is 3. The lowest BCUT2D eigenvalue weighted by Gasteiger charge is -2.20. The molecule has 0 spiro atoms. The van der Waals surface area contributed by atoms with E-state index in [1.165, 1.54) is 10.9 Å². The number of nitrogens with two attached hydrogens (primary N) is 1. The van der Waals surface area contributed by atoms with Crippen LogP contribution in [0.15, 0.2) is 29.3 Å². The number of nitrogens with zero attached hydrogens (tertiary/aromatic N) is 3. The molecule has 4 N–H and O–H groups in total. The fourth-order valence-electron chi connectivity index (χ4n) is 2.56. The molecule has 1 amide bonds. The highest BCUT2D eigenvalue weighted by Gasteiger charge is 2.17. The van der Waals surface area contributed by atoms with Gasteiger partial charge in [-0.05, 0) is 51.5 Å². The van der Waals surface area contributed by atoms with Crippen molar-refractivity contribution < 1.29 is 9.53 Å². The molecule has 2 aromatic heterocycles. The molecule has 26 heavy (non-hydrogen) atoms. The first kappa shape index (κ1) is 17.5. The van der Waals surface area contributed by atoms with Crippen molar-refractivity contribution in [3.8, 4) is 5.69 Å². The van der Waals surface area contributed by atoms with E-state index in [-0.39, 0.29) is 5.82 Å². The smallest absolute Gasteiger partial charge is 0.412 e. The van der Waals surface area contributed by atoms with Gasteiger partial charge >= 0.3 is 11.8 Å². The molecule has 0 aliphatic heterocycles. The van der Waals surface area contributed by atoms with E-state index in [0.29, 0.717) is 22.5 Å². The summed E-state index contributed by atoms with van der Waals surface area (Å²) in [6.07, 6.45) is 0.712. The van der Waals surface area contributed by atoms with Gasteiger partial charge in [-0.1, -0.05) is 0 Å². The number of nitrogen functional groups attached to an aromatic ring is 1. The van der Waals surface area contributed by atoms with Crippen LogP contribution in [0.5, 0.6) is 0 Å². The van der Waals surface area contributed by atoms with E-state index in [4.69, 9.17) is 10.5 Å². The second-order valence-corrected chi connectivity index (χ2v) is 6.91. The summed E-state index contributed by atoms with van der Waals surface area (Å²) in [6, 6.07) is 5.23. The molecule has 0 aliphatic rings. The Balaban J connectivity index is 2.04. The van der Waals surface area contributed by atoms with Crippen molar-refractivity contribution in [2.45, 2.75) is 33.3 Å². The monoisotopic (exact) mass is 356 g/mol. The second-order valence-electron chi connectivity index (χ2n) is 6.91. The molecule has 0 fully saturated rings. The Bertz CT molecular complexity index is 1040. The molecule has 0 saturated carbocycles. The lowest BCUT2D eigenvalue weighted by atomic mass is 10.2. The van der Waals surface area contributed by atoms with Crippen molar-refractivity contribution in [1.29, 1.82) is 0 Å². The second kappa shape index (κ2) is 6.17. The molecule has 0 aliphatic carbocycles. The number of hydrogen-bond acceptors (Lipinski definition) is 6. The summed E-state index contributed by atoms with van der Waals surface area (Å²) < 4.78 is 6.64. The van der Waals surface area contributed by atoms with Crippen LogP contribution in [0.2, 0.25) is 0 Å². The molecule has 2 heterocycles. The molecule has 1 aromatic carbocycles. The zero-order chi connectivity index (χ0) is 19.1. The number of imidazole rings is 1. The molecule has 9 nitrogen and oxygen atoms in total. The van der Waals surface area contributed by atoms with Crippen molar-refractivity contribution in [2.24, 2.45) is 0 Å². The minimum atomic E-state index is -0.612. The van der Waals surface area contributed by atoms with Crippen LogP contribution in [0.4, 0.5) is 16.3 Å². The quantitative estimate of drug-likeness (QED) is 0.646. The van der Waals surface area contributed by atoms with Crippen molar-refractivity contribution in [3.05, 3.63) is 40.6 Å². The number of anilines is 2. The molecule has 0 atom stereocenters. The van der Waals surface area contributed by atoms with Gasteiger partial charge in [0.05, 0.1) is 5.69 Å². The third kappa shape index (κ3) is 3.51. The fraction of sp³-hybridized carbons (Fsp3) is 0.294. The minimum absolute atomic E-state index is 0.186. The van der Waals surface area contributed by atoms with E-state index in [9.17, 15) is 9.59 Å². The highest BCUT2D eigenvalue weighted by molar-refractivity contribution is 5.86. The molecule has 0 unspecified atom stereocenters. The normalized spacial score (nSPS) is 11.5. The van der Waals surface area contributed by atoms with Gasteiger partial charge in [-0.2, -0.15) is 0 Å². The first-order valence-electron chi connectivity index (χ1n) is 7.97. The number of aromatic nitrogens is 4. The fourth-order valence-corrected chi connectivity index (χ4v) is 2.56. The van der Waals surface area contributed by atoms with E-state index in [1.807, 2.05) is 6.92 Å². The Labute approximate surface area is 149 Å². The molecule has 0 radical (unpaired) electrons. The Morgan fingerprint density at radius 2 is 2.00 bits per heavy atom. The van der Waals surface area contributed by atoms with Gasteiger partial charge in [0.2, 0.25) is 0 Å². The van der Waals surface area contributed by atoms with E-state index < -0.39 is 17.4 Å². The van der Waals surface area contributed by atoms with Gasteiger partial charge in [0.1, 0.15) is 17.4 Å². The SMILES string of the molecule is Cc1cc(NC(=O)OC(C)(C)C)cc(-n2c(=O)[nH]c3c(N)ncnc32)c1. The topological polar surface area (TPSA) is 128 Å². The number of aryl methyl sites for hydroxylation is 1. The maximum Gasteiger partial charge on any atom is 0.412 e. The molecule has 3 rings (SSSR count). The number of carbonyl (C=O) groups is 1. The van der Waals surface area contributed by atoms with Crippen LogP contribution < -0.4 is 16.7 Å². The largest absolute Gasteiger partial charge is 0.444 e. The van der Waals surface area contributed by atoms with Crippen LogP contribution in [-0.2, 0) is 4.74 Å². The number of benzene rings is 1. The standard InChI is InChI=1S/C17H20N6O3/c1-9-5-10(21-16(25)26-17(2,3)4)7-11(6-9)23-14-12(22-15(23)24)13(18)19-8-20-14/h5-8H,1-4H3,(H,21,25)(H,22,24)(H2,18,19,20). The van der Waals surface area contributed by atoms with Crippen molar-refractivity contribution in [3.63, 3.8) is 0 Å². The molecular formula is C17H20N6O3. The van der Waals surface area contributed by atoms with Crippen LogP contribution in [0.3, 0.4) is 0 Å². The number of amides is 1. The van der Waals surface area contributed by atoms with E-state index >= 15 is 0 Å². The number of rotatable bonds is 2. The van der Waals surface area contributed by atoms with Gasteiger partial charge in [-0.15, -0.1) is 0 Å². The van der Waals surface area contributed by atoms with Crippen LogP contribution in [0.1, 0.15) is 26.3 Å². The average molecular weight is 356 g/mol. The van der Waals surface area contributed by atoms with Crippen LogP contribution >= 0.6 is 0 Å². The van der Waals surface area contributed by atoms with Crippen LogP contribution in [0, 0.1) is 6.92 Å². The van der Waals surface area contributed by atoms with Gasteiger partial charge < -0.3 is 15.5 Å². The highest BCUT2D eigenvalue weighted by Crippen LogP contribution is 2.21. The molecule has 0 saturated heterocycles. The van der Waals surface area contributed by atoms with Crippen molar-refractivity contribution >= 4 is 28.8 Å². The van der Waals surface area contributed by atoms with Crippen molar-refractivity contribution in [1.82, 2.24) is 19.5 Å². The number of carbonyl (C=O) groups excluding carboxylic acids is 1. The third-order valence-corrected chi connectivity index (χ3v) is 3.47. The molecule has 0 bridgehead atoms. The number of H-pyrrole nitrogens is 1. The number of ether oxygens (including phenoxy) is 1. The van der Waals surface area contributed by atoms with Crippen LogP contribution in [0.25, 0.3) is 16.9 Å². The van der Waals surface area contributed by atoms with Gasteiger partial charge in [-0.3, -0.25) is 5.32 Å². The number of fused-ring (bicyclic) bond motifs is 1. The Hall–Kier alpha value is -3.36. The number of aromatic amines is 1. The maximum absolute atomic E-state index is 12.4. The summed E-state index contributed by atoms with van der Waals surface area (Å²) in [5, 5.41) is 2.68. The third-order valence-electron chi connectivity index (χ3n) is 3.47. The lowest BCUT2D eigenvalue weighted by molar-refractivity contribution is 0.0636. The predicted molar refractivity (Wildman–Crippen MR) is 98.5 cm³/mol. The Morgan fingerprint density at radius 1 is 1.27 bits per heavy atom. The molecular weight excluding hydrogens is 336 g/mol. The Kier molecular flexibility index (Phi) is 4.15. The summed E-state index contributed by atoms with van der Waals surface area (Å²) in [7, 11) is 0. The maximum atomic E-state index is 12.4. The summed E-state index contributed by atoms with van der Waals surface area (Å²) in [6.45, 7) is 7.20. The van der Waals surface area contributed by atoms with Gasteiger partial charge in [0.15, 0.2) is 11.5 Å². The number of nitrogens with one attached hydrogen (secondary N) is 2. The van der Waals surface area contributed by atoms with E-state index in [2.05, 4.69) is 20.3 Å². The summed E-state index contributed by atoms with van der Waals surface area (Å²) >= 11 is 0. The first-order chi connectivity index (χ1) is 12.1. The zero-order valence-electron chi connectivity index (χ0n) is 15.0. The van der Waals surface area contributed by atoms with Gasteiger partial charge in [0, 0.05) is 5.69 Å². The average Bonchev–Trinajstić information content (AvgIpc) is 2.82. The first-order valence-corrected chi connectivity index (χ1v) is 7.97. The minimum Gasteiger partial charge on any atom is -0.444 e. The summed E-state index contributed by atoms with van der Waals surface area (Å²) in [4.78, 5) is 35.1. The van der Waals surface area contributed by atoms with E-state index in [0.717, 1.165) is 5.56 Å². The van der Waals surface area contributed by atoms with Gasteiger partial charge in [-0.25, -0.2) is 24.1 Å². The lowest BCUT2D eigenvalue weighted by Crippen LogP contribution is -2.27. The summed E-state index contributed by atoms with van der Waals surface area (Å²) in [5.41, 5.74) is 7.37. The highest BCUT2D eigenvalue weighted by atomic mass is 16.6. The Morgan fingerprint density at radius 3 is 2.69 bits per heavy atom. The van der Waals surface area contributed by atoms with E-state index in [1.54, 1.807) is 39.0 Å². The zero-order valence-corrected chi connectivity index (χ0v) is 15.0. The molecule has 3 aromatic rings. The van der Waals surface area contributed by atoms with Crippen molar-refractivity contribution in [2.75, 3.05) is 11.1 Å². The summed E-state index contributed by atoms with van der Waals surface area (Å²) in [5.74, 6) is 0.186.